The van der Waals surface area contributed by atoms with E-state index in [9.17, 15) is 14.4 Å². The van der Waals surface area contributed by atoms with Crippen LogP contribution in [0.5, 0.6) is 0 Å². The Balaban J connectivity index is 1.43. The smallest absolute Gasteiger partial charge is 0.233 e. The second-order valence-electron chi connectivity index (χ2n) is 9.72. The average Bonchev–Trinajstić information content (AvgIpc) is 2.64. The summed E-state index contributed by atoms with van der Waals surface area (Å²) in [5, 5.41) is 9.55. The molecule has 0 unspecified atom stereocenters. The lowest BCUT2D eigenvalue weighted by molar-refractivity contribution is -0.211. The number of nitriles is 1. The number of halogens is 2. The van der Waals surface area contributed by atoms with E-state index in [1.807, 2.05) is 29.2 Å². The van der Waals surface area contributed by atoms with Crippen LogP contribution in [0.3, 0.4) is 0 Å². The largest absolute Gasteiger partial charge is 0.311 e. The third-order valence-electron chi connectivity index (χ3n) is 7.92. The van der Waals surface area contributed by atoms with Gasteiger partial charge in [-0.15, -0.1) is 0 Å². The van der Waals surface area contributed by atoms with Gasteiger partial charge in [0.05, 0.1) is 16.9 Å². The van der Waals surface area contributed by atoms with Crippen molar-refractivity contribution in [2.75, 3.05) is 11.4 Å². The SMILES string of the molecule is N#CC12CCC(CN(C(=O)C34CC(F)(C3)C4)c3cccc(Br)c3)(CC1)CC2. The zero-order valence-electron chi connectivity index (χ0n) is 15.4. The van der Waals surface area contributed by atoms with Gasteiger partial charge in [-0.05, 0) is 81.4 Å². The van der Waals surface area contributed by atoms with Gasteiger partial charge in [0.1, 0.15) is 5.67 Å². The molecule has 0 N–H and O–H groups in total. The Labute approximate surface area is 168 Å². The molecule has 0 heterocycles. The van der Waals surface area contributed by atoms with Gasteiger partial charge in [-0.2, -0.15) is 5.26 Å². The van der Waals surface area contributed by atoms with Crippen molar-refractivity contribution in [3.05, 3.63) is 28.7 Å². The van der Waals surface area contributed by atoms with E-state index in [2.05, 4.69) is 22.0 Å². The van der Waals surface area contributed by atoms with E-state index in [-0.39, 0.29) is 16.7 Å². The summed E-state index contributed by atoms with van der Waals surface area (Å²) in [6.07, 6.45) is 7.07. The Hall–Kier alpha value is -1.41. The molecule has 0 aromatic heterocycles. The first-order chi connectivity index (χ1) is 12.8. The maximum Gasteiger partial charge on any atom is 0.233 e. The normalized spacial score (nSPS) is 41.2. The van der Waals surface area contributed by atoms with E-state index in [0.717, 1.165) is 48.7 Å². The van der Waals surface area contributed by atoms with E-state index in [1.165, 1.54) is 0 Å². The summed E-state index contributed by atoms with van der Waals surface area (Å²) in [5.41, 5.74) is -0.648. The van der Waals surface area contributed by atoms with Gasteiger partial charge in [-0.1, -0.05) is 22.0 Å². The van der Waals surface area contributed by atoms with Crippen molar-refractivity contribution in [2.24, 2.45) is 16.2 Å². The number of hydrogen-bond donors (Lipinski definition) is 0. The van der Waals surface area contributed by atoms with Crippen LogP contribution in [0.15, 0.2) is 28.7 Å². The van der Waals surface area contributed by atoms with Gasteiger partial charge in [0.15, 0.2) is 0 Å². The Kier molecular flexibility index (Phi) is 3.64. The molecule has 142 valence electrons. The summed E-state index contributed by atoms with van der Waals surface area (Å²) in [5.74, 6) is 0.109. The molecule has 6 saturated carbocycles. The zero-order chi connectivity index (χ0) is 18.9. The molecule has 6 fully saturated rings. The van der Waals surface area contributed by atoms with Crippen LogP contribution in [0, 0.1) is 27.6 Å². The van der Waals surface area contributed by atoms with Crippen LogP contribution in [0.4, 0.5) is 10.1 Å². The Morgan fingerprint density at radius 3 is 2.30 bits per heavy atom. The molecule has 3 nitrogen and oxygen atoms in total. The van der Waals surface area contributed by atoms with Crippen LogP contribution in [0.1, 0.15) is 57.8 Å². The van der Waals surface area contributed by atoms with E-state index in [1.54, 1.807) is 0 Å². The molecule has 1 aromatic rings. The van der Waals surface area contributed by atoms with Gasteiger partial charge in [0.25, 0.3) is 0 Å². The fourth-order valence-electron chi connectivity index (χ4n) is 6.11. The van der Waals surface area contributed by atoms with E-state index >= 15 is 0 Å². The molecule has 0 atom stereocenters. The number of hydrogen-bond acceptors (Lipinski definition) is 2. The molecule has 4 bridgehead atoms. The summed E-state index contributed by atoms with van der Waals surface area (Å²) in [6.45, 7) is 0.699. The minimum Gasteiger partial charge on any atom is -0.311 e. The van der Waals surface area contributed by atoms with Crippen molar-refractivity contribution in [2.45, 2.75) is 63.5 Å². The molecular weight excluding hydrogens is 407 g/mol. The lowest BCUT2D eigenvalue weighted by Crippen LogP contribution is -2.71. The number of carbonyl (C=O) groups is 1. The van der Waals surface area contributed by atoms with Crippen molar-refractivity contribution in [1.82, 2.24) is 0 Å². The van der Waals surface area contributed by atoms with E-state index in [0.29, 0.717) is 25.8 Å². The third-order valence-corrected chi connectivity index (χ3v) is 8.41. The summed E-state index contributed by atoms with van der Waals surface area (Å²) in [6, 6.07) is 10.5. The highest BCUT2D eigenvalue weighted by atomic mass is 79.9. The van der Waals surface area contributed by atoms with Gasteiger partial charge in [-0.25, -0.2) is 4.39 Å². The summed E-state index contributed by atoms with van der Waals surface area (Å²) in [4.78, 5) is 15.4. The first-order valence-electron chi connectivity index (χ1n) is 9.99. The molecular formula is C22H24BrFN2O. The van der Waals surface area contributed by atoms with Crippen LogP contribution >= 0.6 is 15.9 Å². The highest BCUT2D eigenvalue weighted by Gasteiger charge is 2.73. The quantitative estimate of drug-likeness (QED) is 0.629. The first-order valence-corrected chi connectivity index (χ1v) is 10.8. The Morgan fingerprint density at radius 1 is 1.15 bits per heavy atom. The van der Waals surface area contributed by atoms with Gasteiger partial charge in [0.2, 0.25) is 5.91 Å². The Bertz CT molecular complexity index is 816. The van der Waals surface area contributed by atoms with Crippen LogP contribution in [-0.2, 0) is 4.79 Å². The highest BCUT2D eigenvalue weighted by molar-refractivity contribution is 9.10. The van der Waals surface area contributed by atoms with Crippen molar-refractivity contribution in [3.63, 3.8) is 0 Å². The van der Waals surface area contributed by atoms with E-state index in [4.69, 9.17) is 0 Å². The number of benzene rings is 1. The fourth-order valence-corrected chi connectivity index (χ4v) is 6.49. The molecule has 6 aliphatic carbocycles. The molecule has 1 amide bonds. The third kappa shape index (κ3) is 2.59. The van der Waals surface area contributed by atoms with Crippen LogP contribution in [0.25, 0.3) is 0 Å². The molecule has 27 heavy (non-hydrogen) atoms. The number of fused-ring (bicyclic) bond motifs is 3. The second-order valence-corrected chi connectivity index (χ2v) is 10.6. The van der Waals surface area contributed by atoms with Gasteiger partial charge in [0, 0.05) is 16.7 Å². The molecule has 1 aromatic carbocycles. The lowest BCUT2D eigenvalue weighted by atomic mass is 9.41. The van der Waals surface area contributed by atoms with Crippen LogP contribution in [0.2, 0.25) is 0 Å². The molecule has 5 heteroatoms. The number of carbonyl (C=O) groups excluding carboxylic acids is 1. The number of amides is 1. The van der Waals surface area contributed by atoms with Gasteiger partial charge in [-0.3, -0.25) is 4.79 Å². The fraction of sp³-hybridized carbons (Fsp3) is 0.636. The summed E-state index contributed by atoms with van der Waals surface area (Å²) < 4.78 is 15.0. The predicted molar refractivity (Wildman–Crippen MR) is 105 cm³/mol. The average molecular weight is 431 g/mol. The zero-order valence-corrected chi connectivity index (χ0v) is 17.0. The standard InChI is InChI=1S/C22H24BrFN2O/c23-16-2-1-3-17(10-16)26(18(27)21-11-22(24,12-21)13-21)15-20-7-4-19(14-25,5-8-20)6-9-20/h1-3,10H,4-9,11-13,15H2. The molecule has 0 radical (unpaired) electrons. The number of alkyl halides is 1. The molecule has 0 saturated heterocycles. The maximum atomic E-state index is 14.1. The summed E-state index contributed by atoms with van der Waals surface area (Å²) >= 11 is 3.53. The molecule has 6 aliphatic rings. The van der Waals surface area contributed by atoms with Crippen molar-refractivity contribution < 1.29 is 9.18 Å². The monoisotopic (exact) mass is 430 g/mol. The second kappa shape index (κ2) is 5.56. The number of nitrogens with zero attached hydrogens (tertiary/aromatic N) is 2. The molecule has 7 rings (SSSR count). The lowest BCUT2D eigenvalue weighted by Gasteiger charge is -2.65. The molecule has 0 spiro atoms. The molecule has 0 aliphatic heterocycles. The highest BCUT2D eigenvalue weighted by Crippen LogP contribution is 2.70. The van der Waals surface area contributed by atoms with Crippen LogP contribution < -0.4 is 4.90 Å². The summed E-state index contributed by atoms with van der Waals surface area (Å²) in [7, 11) is 0. The first kappa shape index (κ1) is 17.7. The predicted octanol–water partition coefficient (Wildman–Crippen LogP) is 5.54. The minimum absolute atomic E-state index is 0.105. The number of rotatable bonds is 4. The van der Waals surface area contributed by atoms with Gasteiger partial charge < -0.3 is 4.90 Å². The Morgan fingerprint density at radius 2 is 1.78 bits per heavy atom. The topological polar surface area (TPSA) is 44.1 Å². The number of anilines is 1. The van der Waals surface area contributed by atoms with Crippen molar-refractivity contribution in [3.8, 4) is 6.07 Å². The van der Waals surface area contributed by atoms with Crippen LogP contribution in [-0.4, -0.2) is 18.1 Å². The van der Waals surface area contributed by atoms with E-state index < -0.39 is 11.1 Å². The van der Waals surface area contributed by atoms with Crippen molar-refractivity contribution in [1.29, 1.82) is 5.26 Å². The van der Waals surface area contributed by atoms with Crippen molar-refractivity contribution >= 4 is 27.5 Å². The maximum absolute atomic E-state index is 14.1. The minimum atomic E-state index is -1.07. The van der Waals surface area contributed by atoms with Gasteiger partial charge >= 0.3 is 0 Å².